The van der Waals surface area contributed by atoms with Gasteiger partial charge in [0.1, 0.15) is 6.04 Å². The molecule has 0 radical (unpaired) electrons. The van der Waals surface area contributed by atoms with Gasteiger partial charge in [-0.15, -0.1) is 0 Å². The van der Waals surface area contributed by atoms with E-state index in [1.165, 1.54) is 4.90 Å². The molecular weight excluding hydrogens is 505 g/mol. The molecule has 2 aromatic carbocycles. The highest BCUT2D eigenvalue weighted by atomic mass is 19.2. The number of ether oxygens (including phenoxy) is 2. The lowest BCUT2D eigenvalue weighted by atomic mass is 10.1. The van der Waals surface area contributed by atoms with Gasteiger partial charge in [-0.3, -0.25) is 14.5 Å². The van der Waals surface area contributed by atoms with Gasteiger partial charge >= 0.3 is 0 Å². The van der Waals surface area contributed by atoms with E-state index in [-0.39, 0.29) is 6.79 Å². The van der Waals surface area contributed by atoms with Crippen LogP contribution in [0.1, 0.15) is 11.1 Å². The second-order valence-corrected chi connectivity index (χ2v) is 8.35. The minimum Gasteiger partial charge on any atom is -0.454 e. The number of nitrogens with one attached hydrogen (secondary N) is 1. The first-order valence-electron chi connectivity index (χ1n) is 11.2. The number of hydrogen-bond acceptors (Lipinski definition) is 6. The predicted octanol–water partition coefficient (Wildman–Crippen LogP) is 1.95. The van der Waals surface area contributed by atoms with Gasteiger partial charge in [0.05, 0.1) is 12.2 Å². The van der Waals surface area contributed by atoms with Gasteiger partial charge < -0.3 is 24.8 Å². The number of fused-ring (bicyclic) bond motifs is 1. The van der Waals surface area contributed by atoms with Crippen molar-refractivity contribution in [1.82, 2.24) is 15.1 Å². The molecular formula is C24H22F5N3O5. The van der Waals surface area contributed by atoms with E-state index in [1.54, 1.807) is 0 Å². The summed E-state index contributed by atoms with van der Waals surface area (Å²) in [6, 6.07) is 4.26. The minimum absolute atomic E-state index is 0.176. The minimum atomic E-state index is -2.32. The van der Waals surface area contributed by atoms with E-state index in [2.05, 4.69) is 10.2 Å². The first-order chi connectivity index (χ1) is 17.7. The van der Waals surface area contributed by atoms with Gasteiger partial charge in [-0.05, 0) is 23.8 Å². The normalized spacial score (nSPS) is 16.3. The number of piperazine rings is 1. The topological polar surface area (TPSA) is 91.3 Å². The van der Waals surface area contributed by atoms with Crippen LogP contribution in [0.5, 0.6) is 11.5 Å². The molecule has 37 heavy (non-hydrogen) atoms. The molecule has 0 aromatic heterocycles. The molecule has 2 aliphatic heterocycles. The summed E-state index contributed by atoms with van der Waals surface area (Å²) in [6.07, 6.45) is 0.914. The van der Waals surface area contributed by atoms with Crippen LogP contribution in [-0.4, -0.2) is 72.3 Å². The third kappa shape index (κ3) is 5.67. The Morgan fingerprint density at radius 3 is 2.22 bits per heavy atom. The second kappa shape index (κ2) is 11.1. The zero-order valence-corrected chi connectivity index (χ0v) is 19.3. The van der Waals surface area contributed by atoms with Crippen LogP contribution in [-0.2, 0) is 16.1 Å². The fraction of sp³-hybridized carbons (Fsp3) is 0.333. The van der Waals surface area contributed by atoms with E-state index in [1.807, 2.05) is 18.2 Å². The molecule has 0 aliphatic carbocycles. The number of aliphatic hydroxyl groups is 1. The fourth-order valence-corrected chi connectivity index (χ4v) is 3.98. The highest BCUT2D eigenvalue weighted by Crippen LogP contribution is 2.33. The van der Waals surface area contributed by atoms with E-state index in [0.717, 1.165) is 5.56 Å². The molecule has 1 saturated heterocycles. The Balaban J connectivity index is 1.31. The third-order valence-electron chi connectivity index (χ3n) is 5.97. The van der Waals surface area contributed by atoms with Crippen LogP contribution in [0.15, 0.2) is 24.3 Å². The van der Waals surface area contributed by atoms with E-state index in [9.17, 15) is 36.6 Å². The lowest BCUT2D eigenvalue weighted by Gasteiger charge is -2.36. The molecule has 13 heteroatoms. The van der Waals surface area contributed by atoms with Crippen LogP contribution in [0.25, 0.3) is 6.08 Å². The van der Waals surface area contributed by atoms with Crippen molar-refractivity contribution in [2.75, 3.05) is 39.6 Å². The summed E-state index contributed by atoms with van der Waals surface area (Å²) >= 11 is 0. The van der Waals surface area contributed by atoms with Crippen molar-refractivity contribution in [3.8, 4) is 11.5 Å². The summed E-state index contributed by atoms with van der Waals surface area (Å²) in [7, 11) is 0. The molecule has 8 nitrogen and oxygen atoms in total. The number of hydrogen-bond donors (Lipinski definition) is 2. The molecule has 2 N–H and O–H groups in total. The number of aliphatic hydroxyl groups excluding tert-OH is 1. The molecule has 0 bridgehead atoms. The third-order valence-corrected chi connectivity index (χ3v) is 5.97. The maximum atomic E-state index is 13.8. The van der Waals surface area contributed by atoms with E-state index >= 15 is 0 Å². The molecule has 2 heterocycles. The fourth-order valence-electron chi connectivity index (χ4n) is 3.98. The summed E-state index contributed by atoms with van der Waals surface area (Å²) in [5.74, 6) is -11.1. The largest absolute Gasteiger partial charge is 0.454 e. The Kier molecular flexibility index (Phi) is 7.93. The smallest absolute Gasteiger partial charge is 0.247 e. The average Bonchev–Trinajstić information content (AvgIpc) is 3.37. The van der Waals surface area contributed by atoms with Crippen molar-refractivity contribution in [2.45, 2.75) is 12.6 Å². The predicted molar refractivity (Wildman–Crippen MR) is 119 cm³/mol. The van der Waals surface area contributed by atoms with E-state index in [0.29, 0.717) is 56.4 Å². The van der Waals surface area contributed by atoms with Crippen LogP contribution in [0, 0.1) is 29.1 Å². The first kappa shape index (κ1) is 26.4. The Hall–Kier alpha value is -3.71. The summed E-state index contributed by atoms with van der Waals surface area (Å²) in [5, 5.41) is 11.8. The van der Waals surface area contributed by atoms with Gasteiger partial charge in [-0.2, -0.15) is 0 Å². The molecule has 198 valence electrons. The lowest BCUT2D eigenvalue weighted by Crippen LogP contribution is -2.55. The Labute approximate surface area is 207 Å². The molecule has 1 fully saturated rings. The monoisotopic (exact) mass is 527 g/mol. The number of halogens is 5. The number of rotatable bonds is 7. The van der Waals surface area contributed by atoms with Gasteiger partial charge in [0.2, 0.25) is 24.4 Å². The number of carbonyl (C=O) groups excluding carboxylic acids is 2. The van der Waals surface area contributed by atoms with Gasteiger partial charge in [-0.1, -0.05) is 6.07 Å². The molecule has 2 aliphatic rings. The molecule has 2 amide bonds. The van der Waals surface area contributed by atoms with Crippen molar-refractivity contribution in [1.29, 1.82) is 0 Å². The Bertz CT molecular complexity index is 1200. The molecule has 0 spiro atoms. The zero-order valence-electron chi connectivity index (χ0n) is 19.3. The lowest BCUT2D eigenvalue weighted by molar-refractivity contribution is -0.138. The van der Waals surface area contributed by atoms with Crippen molar-refractivity contribution >= 4 is 17.9 Å². The van der Waals surface area contributed by atoms with Crippen molar-refractivity contribution < 1.29 is 46.1 Å². The van der Waals surface area contributed by atoms with Crippen LogP contribution >= 0.6 is 0 Å². The SMILES string of the molecule is O=C(C=Cc1c(F)c(F)c(F)c(F)c1F)NC(CO)C(=O)N1CCN(Cc2ccc3c(c2)OCO3)CC1. The summed E-state index contributed by atoms with van der Waals surface area (Å²) < 4.78 is 78.0. The highest BCUT2D eigenvalue weighted by Gasteiger charge is 2.29. The van der Waals surface area contributed by atoms with Crippen molar-refractivity contribution in [3.63, 3.8) is 0 Å². The van der Waals surface area contributed by atoms with Crippen molar-refractivity contribution in [2.24, 2.45) is 0 Å². The molecule has 4 rings (SSSR count). The van der Waals surface area contributed by atoms with Gasteiger partial charge in [0.15, 0.2) is 34.8 Å². The molecule has 0 saturated carbocycles. The summed E-state index contributed by atoms with van der Waals surface area (Å²) in [5.41, 5.74) is -0.304. The second-order valence-electron chi connectivity index (χ2n) is 8.35. The van der Waals surface area contributed by atoms with E-state index < -0.39 is 59.1 Å². The van der Waals surface area contributed by atoms with Crippen LogP contribution < -0.4 is 14.8 Å². The summed E-state index contributed by atoms with van der Waals surface area (Å²) in [6.45, 7) is 1.69. The van der Waals surface area contributed by atoms with E-state index in [4.69, 9.17) is 9.47 Å². The van der Waals surface area contributed by atoms with Crippen LogP contribution in [0.3, 0.4) is 0 Å². The standard InChI is InChI=1S/C24H22F5N3O5/c25-19-14(20(26)22(28)23(29)21(19)27)2-4-18(34)30-15(11-33)24(35)32-7-5-31(6-8-32)10-13-1-3-16-17(9-13)37-12-36-16/h1-4,9,15,33H,5-8,10-12H2,(H,30,34). The van der Waals surface area contributed by atoms with Gasteiger partial charge in [0, 0.05) is 38.8 Å². The number of amides is 2. The molecule has 1 atom stereocenters. The average molecular weight is 527 g/mol. The first-order valence-corrected chi connectivity index (χ1v) is 11.2. The van der Waals surface area contributed by atoms with Crippen LogP contribution in [0.4, 0.5) is 22.0 Å². The quantitative estimate of drug-likeness (QED) is 0.248. The summed E-state index contributed by atoms with van der Waals surface area (Å²) in [4.78, 5) is 28.5. The number of nitrogens with zero attached hydrogens (tertiary/aromatic N) is 2. The molecule has 2 aromatic rings. The van der Waals surface area contributed by atoms with Crippen LogP contribution in [0.2, 0.25) is 0 Å². The Morgan fingerprint density at radius 2 is 1.57 bits per heavy atom. The Morgan fingerprint density at radius 1 is 0.946 bits per heavy atom. The van der Waals surface area contributed by atoms with Gasteiger partial charge in [0.25, 0.3) is 0 Å². The maximum Gasteiger partial charge on any atom is 0.247 e. The highest BCUT2D eigenvalue weighted by molar-refractivity contribution is 5.95. The maximum absolute atomic E-state index is 13.8. The number of carbonyl (C=O) groups is 2. The van der Waals surface area contributed by atoms with Crippen molar-refractivity contribution in [3.05, 3.63) is 64.5 Å². The zero-order chi connectivity index (χ0) is 26.7. The van der Waals surface area contributed by atoms with Gasteiger partial charge in [-0.25, -0.2) is 22.0 Å². The molecule has 1 unspecified atom stereocenters. The number of benzene rings is 2.